The molecule has 2 aromatic rings. The number of rotatable bonds is 4. The number of aromatic amines is 1. The average Bonchev–Trinajstić information content (AvgIpc) is 2.89. The van der Waals surface area contributed by atoms with Crippen molar-refractivity contribution in [3.63, 3.8) is 0 Å². The van der Waals surface area contributed by atoms with Gasteiger partial charge in [-0.2, -0.15) is 0 Å². The summed E-state index contributed by atoms with van der Waals surface area (Å²) in [4.78, 5) is 15.6. The summed E-state index contributed by atoms with van der Waals surface area (Å²) in [6, 6.07) is 6.17. The Bertz CT molecular complexity index is 608. The Morgan fingerprint density at radius 2 is 2.30 bits per heavy atom. The predicted octanol–water partition coefficient (Wildman–Crippen LogP) is 4.01. The third-order valence-corrected chi connectivity index (χ3v) is 4.11. The molecule has 1 unspecified atom stereocenters. The fourth-order valence-electron chi connectivity index (χ4n) is 2.93. The maximum Gasteiger partial charge on any atom is 0.165 e. The Kier molecular flexibility index (Phi) is 3.88. The molecular formula is C17H21NO2. The lowest BCUT2D eigenvalue weighted by Crippen LogP contribution is -2.19. The van der Waals surface area contributed by atoms with E-state index in [-0.39, 0.29) is 11.9 Å². The van der Waals surface area contributed by atoms with E-state index in [1.165, 1.54) is 12.0 Å². The Hall–Kier alpha value is -1.61. The topological polar surface area (TPSA) is 42.1 Å². The van der Waals surface area contributed by atoms with Crippen molar-refractivity contribution in [1.29, 1.82) is 0 Å². The lowest BCUT2D eigenvalue weighted by Gasteiger charge is -2.22. The minimum Gasteiger partial charge on any atom is -0.378 e. The van der Waals surface area contributed by atoms with Crippen molar-refractivity contribution >= 4 is 16.7 Å². The van der Waals surface area contributed by atoms with Crippen LogP contribution in [0.25, 0.3) is 10.9 Å². The molecule has 2 heterocycles. The number of nitrogens with one attached hydrogen (secondary N) is 1. The van der Waals surface area contributed by atoms with Crippen LogP contribution < -0.4 is 0 Å². The van der Waals surface area contributed by atoms with E-state index in [1.807, 2.05) is 12.3 Å². The number of ether oxygens (including phenoxy) is 1. The zero-order chi connectivity index (χ0) is 13.9. The van der Waals surface area contributed by atoms with E-state index in [4.69, 9.17) is 4.74 Å². The van der Waals surface area contributed by atoms with Crippen LogP contribution in [0.5, 0.6) is 0 Å². The largest absolute Gasteiger partial charge is 0.378 e. The number of benzene rings is 1. The molecule has 0 spiro atoms. The lowest BCUT2D eigenvalue weighted by atomic mass is 9.99. The summed E-state index contributed by atoms with van der Waals surface area (Å²) >= 11 is 0. The molecule has 3 rings (SSSR count). The first-order valence-corrected chi connectivity index (χ1v) is 7.46. The smallest absolute Gasteiger partial charge is 0.165 e. The fraction of sp³-hybridized carbons (Fsp3) is 0.471. The van der Waals surface area contributed by atoms with Gasteiger partial charge in [0.25, 0.3) is 0 Å². The summed E-state index contributed by atoms with van der Waals surface area (Å²) < 4.78 is 5.69. The SMILES string of the molecule is Cc1ccc2[nH]cc(C(=O)CCC3CCCCO3)c2c1. The molecule has 1 saturated heterocycles. The molecule has 1 aliphatic heterocycles. The molecule has 0 radical (unpaired) electrons. The molecule has 3 heteroatoms. The summed E-state index contributed by atoms with van der Waals surface area (Å²) in [5.41, 5.74) is 3.04. The molecule has 1 N–H and O–H groups in total. The van der Waals surface area contributed by atoms with Crippen LogP contribution in [0.2, 0.25) is 0 Å². The number of H-pyrrole nitrogens is 1. The molecule has 106 valence electrons. The van der Waals surface area contributed by atoms with Gasteiger partial charge in [0, 0.05) is 35.7 Å². The fourth-order valence-corrected chi connectivity index (χ4v) is 2.93. The molecule has 1 aliphatic rings. The molecule has 1 aromatic heterocycles. The molecule has 1 fully saturated rings. The summed E-state index contributed by atoms with van der Waals surface area (Å²) in [5, 5.41) is 1.04. The van der Waals surface area contributed by atoms with Gasteiger partial charge in [0.15, 0.2) is 5.78 Å². The summed E-state index contributed by atoms with van der Waals surface area (Å²) in [6.45, 7) is 2.90. The number of carbonyl (C=O) groups excluding carboxylic acids is 1. The second-order valence-electron chi connectivity index (χ2n) is 5.70. The normalized spacial score (nSPS) is 19.4. The average molecular weight is 271 g/mol. The van der Waals surface area contributed by atoms with Crippen molar-refractivity contribution in [3.05, 3.63) is 35.5 Å². The van der Waals surface area contributed by atoms with Gasteiger partial charge in [-0.25, -0.2) is 0 Å². The van der Waals surface area contributed by atoms with E-state index in [1.54, 1.807) is 0 Å². The van der Waals surface area contributed by atoms with Crippen molar-refractivity contribution in [2.75, 3.05) is 6.61 Å². The zero-order valence-electron chi connectivity index (χ0n) is 11.9. The molecule has 0 saturated carbocycles. The molecule has 1 atom stereocenters. The van der Waals surface area contributed by atoms with Gasteiger partial charge in [-0.3, -0.25) is 4.79 Å². The highest BCUT2D eigenvalue weighted by atomic mass is 16.5. The second-order valence-corrected chi connectivity index (χ2v) is 5.70. The van der Waals surface area contributed by atoms with Gasteiger partial charge in [-0.1, -0.05) is 11.6 Å². The van der Waals surface area contributed by atoms with Gasteiger partial charge >= 0.3 is 0 Å². The maximum atomic E-state index is 12.4. The number of aromatic nitrogens is 1. The zero-order valence-corrected chi connectivity index (χ0v) is 11.9. The highest BCUT2D eigenvalue weighted by molar-refractivity contribution is 6.07. The first-order chi connectivity index (χ1) is 9.74. The minimum atomic E-state index is 0.219. The van der Waals surface area contributed by atoms with Crippen molar-refractivity contribution in [2.45, 2.75) is 45.1 Å². The second kappa shape index (κ2) is 5.80. The number of hydrogen-bond acceptors (Lipinski definition) is 2. The van der Waals surface area contributed by atoms with E-state index in [0.717, 1.165) is 42.3 Å². The number of aryl methyl sites for hydroxylation is 1. The first kappa shape index (κ1) is 13.4. The third-order valence-electron chi connectivity index (χ3n) is 4.11. The maximum absolute atomic E-state index is 12.4. The van der Waals surface area contributed by atoms with Crippen molar-refractivity contribution in [2.24, 2.45) is 0 Å². The molecule has 0 aliphatic carbocycles. The molecule has 3 nitrogen and oxygen atoms in total. The summed E-state index contributed by atoms with van der Waals surface area (Å²) in [5.74, 6) is 0.219. The number of hydrogen-bond donors (Lipinski definition) is 1. The summed E-state index contributed by atoms with van der Waals surface area (Å²) in [6.07, 6.45) is 7.02. The number of carbonyl (C=O) groups is 1. The molecule has 20 heavy (non-hydrogen) atoms. The standard InChI is InChI=1S/C17H21NO2/c1-12-5-7-16-14(10-12)15(11-18-16)17(19)8-6-13-4-2-3-9-20-13/h5,7,10-11,13,18H,2-4,6,8-9H2,1H3. The molecular weight excluding hydrogens is 250 g/mol. The Balaban J connectivity index is 1.70. The van der Waals surface area contributed by atoms with Gasteiger partial charge in [-0.05, 0) is 44.7 Å². The molecule has 0 amide bonds. The van der Waals surface area contributed by atoms with Gasteiger partial charge < -0.3 is 9.72 Å². The van der Waals surface area contributed by atoms with Crippen LogP contribution in [-0.4, -0.2) is 23.5 Å². The molecule has 1 aromatic carbocycles. The van der Waals surface area contributed by atoms with Gasteiger partial charge in [0.05, 0.1) is 6.10 Å². The number of Topliss-reactive ketones (excluding diaryl/α,β-unsaturated/α-hetero) is 1. The minimum absolute atomic E-state index is 0.219. The van der Waals surface area contributed by atoms with Gasteiger partial charge in [0.1, 0.15) is 0 Å². The monoisotopic (exact) mass is 271 g/mol. The van der Waals surface area contributed by atoms with Gasteiger partial charge in [-0.15, -0.1) is 0 Å². The van der Waals surface area contributed by atoms with E-state index < -0.39 is 0 Å². The number of ketones is 1. The van der Waals surface area contributed by atoms with Gasteiger partial charge in [0.2, 0.25) is 0 Å². The molecule has 0 bridgehead atoms. The van der Waals surface area contributed by atoms with Crippen LogP contribution in [0.15, 0.2) is 24.4 Å². The highest BCUT2D eigenvalue weighted by Crippen LogP contribution is 2.23. The van der Waals surface area contributed by atoms with Crippen LogP contribution in [0.1, 0.15) is 48.0 Å². The Morgan fingerprint density at radius 1 is 1.40 bits per heavy atom. The highest BCUT2D eigenvalue weighted by Gasteiger charge is 2.17. The summed E-state index contributed by atoms with van der Waals surface area (Å²) in [7, 11) is 0. The van der Waals surface area contributed by atoms with Crippen LogP contribution in [0, 0.1) is 6.92 Å². The first-order valence-electron chi connectivity index (χ1n) is 7.46. The third kappa shape index (κ3) is 2.78. The lowest BCUT2D eigenvalue weighted by molar-refractivity contribution is 0.0104. The Labute approximate surface area is 119 Å². The van der Waals surface area contributed by atoms with Crippen molar-refractivity contribution < 1.29 is 9.53 Å². The van der Waals surface area contributed by atoms with Crippen LogP contribution in [0.3, 0.4) is 0 Å². The van der Waals surface area contributed by atoms with E-state index in [9.17, 15) is 4.79 Å². The van der Waals surface area contributed by atoms with E-state index >= 15 is 0 Å². The van der Waals surface area contributed by atoms with Crippen molar-refractivity contribution in [3.8, 4) is 0 Å². The van der Waals surface area contributed by atoms with Crippen LogP contribution in [0.4, 0.5) is 0 Å². The van der Waals surface area contributed by atoms with Crippen LogP contribution >= 0.6 is 0 Å². The van der Waals surface area contributed by atoms with Crippen molar-refractivity contribution in [1.82, 2.24) is 4.98 Å². The quantitative estimate of drug-likeness (QED) is 0.854. The number of fused-ring (bicyclic) bond motifs is 1. The van der Waals surface area contributed by atoms with Crippen LogP contribution in [-0.2, 0) is 4.74 Å². The predicted molar refractivity (Wildman–Crippen MR) is 80.2 cm³/mol. The van der Waals surface area contributed by atoms with E-state index in [2.05, 4.69) is 24.0 Å². The Morgan fingerprint density at radius 3 is 3.10 bits per heavy atom. The van der Waals surface area contributed by atoms with E-state index in [0.29, 0.717) is 6.42 Å².